The molecule has 6 nitrogen and oxygen atoms in total. The summed E-state index contributed by atoms with van der Waals surface area (Å²) in [6, 6.07) is 0. The number of alkyl halides is 3. The van der Waals surface area contributed by atoms with E-state index in [0.717, 1.165) is 56.3 Å². The Kier molecular flexibility index (Phi) is 27.7. The van der Waals surface area contributed by atoms with E-state index in [1.165, 1.54) is 38.5 Å². The lowest BCUT2D eigenvalue weighted by atomic mass is 9.77. The average Bonchev–Trinajstić information content (AvgIpc) is 3.44. The lowest BCUT2D eigenvalue weighted by molar-refractivity contribution is -0.137. The molecule has 2 N–H and O–H groups in total. The highest BCUT2D eigenvalue weighted by Gasteiger charge is 2.46. The van der Waals surface area contributed by atoms with Gasteiger partial charge >= 0.3 is 6.18 Å². The third-order valence-corrected chi connectivity index (χ3v) is 8.22. The van der Waals surface area contributed by atoms with Crippen molar-refractivity contribution in [3.63, 3.8) is 0 Å². The van der Waals surface area contributed by atoms with E-state index in [1.807, 2.05) is 47.6 Å². The predicted molar refractivity (Wildman–Crippen MR) is 200 cm³/mol. The van der Waals surface area contributed by atoms with E-state index in [0.29, 0.717) is 32.5 Å². The van der Waals surface area contributed by atoms with Gasteiger partial charge in [-0.25, -0.2) is 4.98 Å². The first-order chi connectivity index (χ1) is 23.0. The SMILES string of the molecule is C#CCC.CC.CC.CCC/C=C(\CCC)Nc1ncc(C(F)(F)F)c(N2CCC3(CCNC3=O)CC2)n1.CCCCCC(C)CCC. The summed E-state index contributed by atoms with van der Waals surface area (Å²) in [6.07, 6.45) is 17.8. The minimum Gasteiger partial charge on any atom is -0.356 e. The molecule has 2 aliphatic heterocycles. The van der Waals surface area contributed by atoms with Gasteiger partial charge in [0, 0.05) is 37.9 Å². The van der Waals surface area contributed by atoms with Gasteiger partial charge < -0.3 is 15.5 Å². The summed E-state index contributed by atoms with van der Waals surface area (Å²) in [5.41, 5.74) is -0.361. The molecule has 48 heavy (non-hydrogen) atoms. The van der Waals surface area contributed by atoms with Gasteiger partial charge in [-0.3, -0.25) is 4.79 Å². The first-order valence-corrected chi connectivity index (χ1v) is 18.9. The smallest absolute Gasteiger partial charge is 0.356 e. The molecule has 9 heteroatoms. The van der Waals surface area contributed by atoms with Crippen molar-refractivity contribution in [1.82, 2.24) is 15.3 Å². The van der Waals surface area contributed by atoms with Crippen LogP contribution in [0.3, 0.4) is 0 Å². The van der Waals surface area contributed by atoms with Crippen molar-refractivity contribution in [3.05, 3.63) is 23.5 Å². The normalized spacial score (nSPS) is 15.5. The highest BCUT2D eigenvalue weighted by Crippen LogP contribution is 2.42. The number of unbranched alkanes of at least 4 members (excludes halogenated alkanes) is 3. The number of piperidine rings is 1. The third kappa shape index (κ3) is 18.1. The highest BCUT2D eigenvalue weighted by atomic mass is 19.4. The number of hydrogen-bond acceptors (Lipinski definition) is 5. The van der Waals surface area contributed by atoms with Crippen molar-refractivity contribution in [3.8, 4) is 12.3 Å². The fourth-order valence-electron chi connectivity index (χ4n) is 5.54. The predicted octanol–water partition coefficient (Wildman–Crippen LogP) is 11.6. The number of rotatable bonds is 13. The number of hydrogen-bond donors (Lipinski definition) is 2. The van der Waals surface area contributed by atoms with Gasteiger partial charge in [0.25, 0.3) is 0 Å². The van der Waals surface area contributed by atoms with Gasteiger partial charge in [0.2, 0.25) is 11.9 Å². The maximum absolute atomic E-state index is 13.6. The quantitative estimate of drug-likeness (QED) is 0.160. The number of aromatic nitrogens is 2. The minimum atomic E-state index is -4.54. The Balaban J connectivity index is 0. The van der Waals surface area contributed by atoms with Gasteiger partial charge in [0.15, 0.2) is 0 Å². The zero-order chi connectivity index (χ0) is 37.0. The molecule has 0 radical (unpaired) electrons. The molecule has 2 saturated heterocycles. The van der Waals surface area contributed by atoms with Crippen LogP contribution in [0.2, 0.25) is 0 Å². The number of terminal acetylenes is 1. The molecule has 1 aromatic heterocycles. The van der Waals surface area contributed by atoms with Crippen LogP contribution in [-0.2, 0) is 11.0 Å². The van der Waals surface area contributed by atoms with Gasteiger partial charge in [-0.05, 0) is 38.0 Å². The van der Waals surface area contributed by atoms with Crippen molar-refractivity contribution >= 4 is 17.7 Å². The van der Waals surface area contributed by atoms with Crippen LogP contribution in [-0.4, -0.2) is 35.5 Å². The van der Waals surface area contributed by atoms with Crippen LogP contribution in [0.1, 0.15) is 165 Å². The van der Waals surface area contributed by atoms with Crippen LogP contribution in [0.15, 0.2) is 18.0 Å². The van der Waals surface area contributed by atoms with Crippen molar-refractivity contribution < 1.29 is 18.0 Å². The lowest BCUT2D eigenvalue weighted by Gasteiger charge is -2.38. The first kappa shape index (κ1) is 47.4. The maximum atomic E-state index is 13.6. The molecule has 0 aliphatic carbocycles. The Labute approximate surface area is 292 Å². The summed E-state index contributed by atoms with van der Waals surface area (Å²) >= 11 is 0. The summed E-state index contributed by atoms with van der Waals surface area (Å²) in [5.74, 6) is 3.48. The second-order valence-corrected chi connectivity index (χ2v) is 12.0. The van der Waals surface area contributed by atoms with Crippen molar-refractivity contribution in [1.29, 1.82) is 0 Å². The standard InChI is InChI=1S/C21H30F3N5O.C10H22.C4H6.2C2H6/c1-3-5-7-15(6-4-2)27-19-26-14-16(21(22,23)24)17(28-19)29-12-9-20(10-13-29)8-11-25-18(20)30;1-4-6-7-9-10(3)8-5-2;1-3-4-2;2*1-2/h7,14H,3-6,8-13H2,1-2H3,(H,25,30)(H,26,27,28);10H,4-9H2,1-3H3;1H,4H2,2H3;2*1-2H3/b15-7+;;;;. The van der Waals surface area contributed by atoms with Crippen LogP contribution in [0.25, 0.3) is 0 Å². The Morgan fingerprint density at radius 1 is 1.02 bits per heavy atom. The maximum Gasteiger partial charge on any atom is 0.421 e. The molecule has 278 valence electrons. The number of carbonyl (C=O) groups excluding carboxylic acids is 1. The molecule has 0 saturated carbocycles. The van der Waals surface area contributed by atoms with E-state index in [2.05, 4.69) is 54.2 Å². The second-order valence-electron chi connectivity index (χ2n) is 12.0. The molecule has 0 aromatic carbocycles. The van der Waals surface area contributed by atoms with E-state index in [9.17, 15) is 18.0 Å². The fourth-order valence-corrected chi connectivity index (χ4v) is 5.54. The molecule has 1 aromatic rings. The fraction of sp³-hybridized carbons (Fsp3) is 0.769. The molecule has 1 amide bonds. The van der Waals surface area contributed by atoms with Crippen LogP contribution in [0.4, 0.5) is 24.9 Å². The summed E-state index contributed by atoms with van der Waals surface area (Å²) in [7, 11) is 0. The molecule has 2 fully saturated rings. The molecule has 1 spiro atoms. The van der Waals surface area contributed by atoms with Crippen molar-refractivity contribution in [2.24, 2.45) is 11.3 Å². The Morgan fingerprint density at radius 3 is 2.10 bits per heavy atom. The summed E-state index contributed by atoms with van der Waals surface area (Å²) < 4.78 is 40.9. The molecule has 3 rings (SSSR count). The number of nitrogens with one attached hydrogen (secondary N) is 2. The van der Waals surface area contributed by atoms with Crippen LogP contribution < -0.4 is 15.5 Å². The van der Waals surface area contributed by atoms with Crippen LogP contribution >= 0.6 is 0 Å². The zero-order valence-corrected chi connectivity index (χ0v) is 32.2. The molecule has 1 unspecified atom stereocenters. The highest BCUT2D eigenvalue weighted by molar-refractivity contribution is 5.85. The van der Waals surface area contributed by atoms with Crippen molar-refractivity contribution in [2.75, 3.05) is 29.9 Å². The topological polar surface area (TPSA) is 70.2 Å². The number of anilines is 2. The Hall–Kier alpha value is -2.76. The first-order valence-electron chi connectivity index (χ1n) is 18.9. The van der Waals surface area contributed by atoms with Gasteiger partial charge in [-0.2, -0.15) is 18.2 Å². The largest absolute Gasteiger partial charge is 0.421 e. The zero-order valence-electron chi connectivity index (χ0n) is 32.2. The summed E-state index contributed by atoms with van der Waals surface area (Å²) in [4.78, 5) is 22.0. The van der Waals surface area contributed by atoms with Crippen molar-refractivity contribution in [2.45, 2.75) is 165 Å². The summed E-state index contributed by atoms with van der Waals surface area (Å²) in [6.45, 7) is 22.3. The Morgan fingerprint density at radius 2 is 1.65 bits per heavy atom. The molecular weight excluding hydrogens is 611 g/mol. The number of halogens is 3. The number of nitrogens with zero attached hydrogens (tertiary/aromatic N) is 3. The second kappa shape index (κ2) is 28.1. The van der Waals surface area contributed by atoms with E-state index in [1.54, 1.807) is 4.90 Å². The van der Waals surface area contributed by atoms with Crippen LogP contribution in [0, 0.1) is 23.7 Å². The van der Waals surface area contributed by atoms with E-state index >= 15 is 0 Å². The van der Waals surface area contributed by atoms with Crippen LogP contribution in [0.5, 0.6) is 0 Å². The van der Waals surface area contributed by atoms with Gasteiger partial charge in [-0.1, -0.05) is 127 Å². The number of allylic oxidation sites excluding steroid dienone is 2. The average molecular weight is 682 g/mol. The molecular formula is C39H70F3N5O. The van der Waals surface area contributed by atoms with E-state index in [4.69, 9.17) is 6.42 Å². The molecule has 2 aliphatic rings. The molecule has 0 bridgehead atoms. The molecule has 1 atom stereocenters. The van der Waals surface area contributed by atoms with E-state index < -0.39 is 17.2 Å². The summed E-state index contributed by atoms with van der Waals surface area (Å²) in [5, 5.41) is 5.96. The van der Waals surface area contributed by atoms with Gasteiger partial charge in [0.1, 0.15) is 11.4 Å². The van der Waals surface area contributed by atoms with Gasteiger partial charge in [0.05, 0.1) is 5.41 Å². The minimum absolute atomic E-state index is 0.0218. The lowest BCUT2D eigenvalue weighted by Crippen LogP contribution is -2.44. The van der Waals surface area contributed by atoms with Gasteiger partial charge in [-0.15, -0.1) is 12.3 Å². The monoisotopic (exact) mass is 682 g/mol. The number of amides is 1. The number of carbonyl (C=O) groups is 1. The van der Waals surface area contributed by atoms with E-state index in [-0.39, 0.29) is 17.7 Å². The Bertz CT molecular complexity index is 1030. The molecule has 3 heterocycles. The third-order valence-electron chi connectivity index (χ3n) is 8.22.